The number of ether oxygens (including phenoxy) is 5. The zero-order chi connectivity index (χ0) is 24.9. The Bertz CT molecular complexity index is 1130. The molecule has 2 aromatic carbocycles. The summed E-state index contributed by atoms with van der Waals surface area (Å²) in [6, 6.07) is 19.6. The van der Waals surface area contributed by atoms with Crippen molar-refractivity contribution in [1.29, 1.82) is 0 Å². The maximum Gasteiger partial charge on any atom is 0.337 e. The van der Waals surface area contributed by atoms with Crippen molar-refractivity contribution < 1.29 is 33.3 Å². The molecule has 0 saturated carbocycles. The van der Waals surface area contributed by atoms with E-state index >= 15 is 0 Å². The number of carbonyl (C=O) groups excluding carboxylic acids is 2. The monoisotopic (exact) mass is 494 g/mol. The fourth-order valence-electron chi connectivity index (χ4n) is 5.80. The first-order valence-electron chi connectivity index (χ1n) is 12.3. The highest BCUT2D eigenvalue weighted by atomic mass is 16.8. The van der Waals surface area contributed by atoms with E-state index in [-0.39, 0.29) is 19.0 Å². The summed E-state index contributed by atoms with van der Waals surface area (Å²) >= 11 is 0. The van der Waals surface area contributed by atoms with Gasteiger partial charge >= 0.3 is 5.97 Å². The summed E-state index contributed by atoms with van der Waals surface area (Å²) in [5, 5.41) is 0. The highest BCUT2D eigenvalue weighted by Gasteiger charge is 2.60. The molecule has 0 spiro atoms. The van der Waals surface area contributed by atoms with Gasteiger partial charge in [-0.05, 0) is 12.5 Å². The fourth-order valence-corrected chi connectivity index (χ4v) is 5.80. The number of hydrogen-bond donors (Lipinski definition) is 0. The number of esters is 1. The summed E-state index contributed by atoms with van der Waals surface area (Å²) in [5.74, 6) is -2.83. The maximum atomic E-state index is 13.9. The Morgan fingerprint density at radius 2 is 1.58 bits per heavy atom. The molecule has 6 rings (SSSR count). The average Bonchev–Trinajstić information content (AvgIpc) is 3.32. The molecule has 4 fully saturated rings. The van der Waals surface area contributed by atoms with E-state index in [1.165, 1.54) is 12.7 Å². The van der Waals surface area contributed by atoms with Crippen LogP contribution in [0.25, 0.3) is 0 Å². The van der Waals surface area contributed by atoms with Crippen molar-refractivity contribution in [2.75, 3.05) is 33.3 Å². The van der Waals surface area contributed by atoms with Gasteiger partial charge in [-0.3, -0.25) is 9.69 Å². The van der Waals surface area contributed by atoms with Crippen LogP contribution >= 0.6 is 0 Å². The molecular weight excluding hydrogens is 464 g/mol. The number of fused-ring (bicyclic) bond motifs is 4. The van der Waals surface area contributed by atoms with Crippen molar-refractivity contribution in [3.05, 3.63) is 71.8 Å². The smallest absolute Gasteiger partial charge is 0.337 e. The first-order chi connectivity index (χ1) is 17.4. The first-order valence-corrected chi connectivity index (χ1v) is 12.3. The number of hydrogen-bond acceptors (Lipinski definition) is 8. The lowest BCUT2D eigenvalue weighted by Crippen LogP contribution is -2.56. The van der Waals surface area contributed by atoms with Gasteiger partial charge in [0, 0.05) is 18.7 Å². The molecule has 4 aliphatic heterocycles. The van der Waals surface area contributed by atoms with E-state index in [0.717, 1.165) is 12.1 Å². The van der Waals surface area contributed by atoms with E-state index in [0.29, 0.717) is 13.1 Å². The Morgan fingerprint density at radius 1 is 0.889 bits per heavy atom. The largest absolute Gasteiger partial charge is 0.467 e. The normalized spacial score (nSPS) is 35.6. The van der Waals surface area contributed by atoms with Crippen molar-refractivity contribution in [1.82, 2.24) is 9.80 Å². The SMILES string of the molecule is COC(=O)[C@@H]1O[C@]2(c3ccccc3)CN(C(=O)[C@@H]3O[C@]4(C)CN(Cc5ccccc5)C[C@H]3O4)C[C@H]1O2. The molecule has 9 heteroatoms. The molecule has 4 saturated heterocycles. The summed E-state index contributed by atoms with van der Waals surface area (Å²) < 4.78 is 29.8. The average molecular weight is 495 g/mol. The topological polar surface area (TPSA) is 86.8 Å². The van der Waals surface area contributed by atoms with Crippen molar-refractivity contribution in [2.24, 2.45) is 0 Å². The van der Waals surface area contributed by atoms with Crippen molar-refractivity contribution in [2.45, 2.75) is 49.5 Å². The van der Waals surface area contributed by atoms with Crippen LogP contribution in [0.1, 0.15) is 18.1 Å². The Kier molecular flexibility index (Phi) is 5.85. The number of nitrogens with zero attached hydrogens (tertiary/aromatic N) is 2. The Balaban J connectivity index is 1.22. The molecule has 36 heavy (non-hydrogen) atoms. The summed E-state index contributed by atoms with van der Waals surface area (Å²) in [6.07, 6.45) is -2.72. The van der Waals surface area contributed by atoms with E-state index in [9.17, 15) is 9.59 Å². The van der Waals surface area contributed by atoms with Crippen LogP contribution in [0.5, 0.6) is 0 Å². The molecule has 0 unspecified atom stereocenters. The van der Waals surface area contributed by atoms with E-state index < -0.39 is 42.0 Å². The lowest BCUT2D eigenvalue weighted by atomic mass is 10.0. The van der Waals surface area contributed by atoms with Crippen LogP contribution in [0, 0.1) is 0 Å². The quantitative estimate of drug-likeness (QED) is 0.580. The van der Waals surface area contributed by atoms with Gasteiger partial charge in [0.25, 0.3) is 5.91 Å². The zero-order valence-electron chi connectivity index (χ0n) is 20.4. The lowest BCUT2D eigenvalue weighted by Gasteiger charge is -2.39. The van der Waals surface area contributed by atoms with Crippen molar-refractivity contribution in [3.8, 4) is 0 Å². The Morgan fingerprint density at radius 3 is 2.31 bits per heavy atom. The first kappa shape index (κ1) is 23.6. The Hall–Kier alpha value is -2.82. The minimum atomic E-state index is -1.25. The highest BCUT2D eigenvalue weighted by Crippen LogP contribution is 2.44. The number of morpholine rings is 2. The van der Waals surface area contributed by atoms with Crippen LogP contribution in [-0.4, -0.2) is 85.2 Å². The van der Waals surface area contributed by atoms with Crippen molar-refractivity contribution in [3.63, 3.8) is 0 Å². The van der Waals surface area contributed by atoms with Crippen LogP contribution in [0.4, 0.5) is 0 Å². The fraction of sp³-hybridized carbons (Fsp3) is 0.481. The van der Waals surface area contributed by atoms with Crippen LogP contribution in [0.3, 0.4) is 0 Å². The van der Waals surface area contributed by atoms with Gasteiger partial charge in [-0.2, -0.15) is 0 Å². The Labute approximate surface area is 209 Å². The van der Waals surface area contributed by atoms with Gasteiger partial charge < -0.3 is 28.6 Å². The summed E-state index contributed by atoms with van der Waals surface area (Å²) in [6.45, 7) is 4.12. The molecule has 0 aliphatic carbocycles. The standard InChI is InChI=1S/C27H30N2O7/c1-26-16-28(13-18-9-5-3-6-10-18)14-20(33-26)22(35-26)24(30)29-15-21-23(25(31)32-2)36-27(17-29,34-21)19-11-7-4-8-12-19/h3-12,20-23H,13-17H2,1-2H3/t20-,21-,22-,23-,26-,27+/m1/s1. The number of amides is 1. The van der Waals surface area contributed by atoms with E-state index in [1.54, 1.807) is 4.90 Å². The van der Waals surface area contributed by atoms with E-state index in [2.05, 4.69) is 17.0 Å². The van der Waals surface area contributed by atoms with Crippen molar-refractivity contribution >= 4 is 11.9 Å². The van der Waals surface area contributed by atoms with Gasteiger partial charge in [-0.1, -0.05) is 60.7 Å². The minimum Gasteiger partial charge on any atom is -0.467 e. The zero-order valence-corrected chi connectivity index (χ0v) is 20.4. The molecule has 2 aromatic rings. The van der Waals surface area contributed by atoms with E-state index in [1.807, 2.05) is 55.5 Å². The number of benzene rings is 2. The molecule has 0 aromatic heterocycles. The van der Waals surface area contributed by atoms with Gasteiger partial charge in [0.05, 0.1) is 26.7 Å². The molecule has 6 atom stereocenters. The predicted molar refractivity (Wildman–Crippen MR) is 126 cm³/mol. The highest BCUT2D eigenvalue weighted by molar-refractivity contribution is 5.83. The third-order valence-electron chi connectivity index (χ3n) is 7.31. The second-order valence-corrected chi connectivity index (χ2v) is 10.0. The molecule has 9 nitrogen and oxygen atoms in total. The number of rotatable bonds is 5. The molecule has 0 radical (unpaired) electrons. The van der Waals surface area contributed by atoms with Crippen LogP contribution < -0.4 is 0 Å². The van der Waals surface area contributed by atoms with Crippen LogP contribution in [0.15, 0.2) is 60.7 Å². The molecule has 0 N–H and O–H groups in total. The lowest BCUT2D eigenvalue weighted by molar-refractivity contribution is -0.222. The van der Waals surface area contributed by atoms with Gasteiger partial charge in [0.2, 0.25) is 5.79 Å². The van der Waals surface area contributed by atoms with Crippen LogP contribution in [0.2, 0.25) is 0 Å². The van der Waals surface area contributed by atoms with E-state index in [4.69, 9.17) is 23.7 Å². The molecule has 4 aliphatic rings. The molecule has 4 bridgehead atoms. The third-order valence-corrected chi connectivity index (χ3v) is 7.31. The molecule has 1 amide bonds. The van der Waals surface area contributed by atoms with Gasteiger partial charge in [0.1, 0.15) is 12.2 Å². The summed E-state index contributed by atoms with van der Waals surface area (Å²) in [4.78, 5) is 30.3. The second kappa shape index (κ2) is 8.93. The molecular formula is C27H30N2O7. The number of carbonyl (C=O) groups is 2. The van der Waals surface area contributed by atoms with Gasteiger partial charge in [0.15, 0.2) is 18.0 Å². The molecule has 190 valence electrons. The number of methoxy groups -OCH3 is 1. The minimum absolute atomic E-state index is 0.136. The summed E-state index contributed by atoms with van der Waals surface area (Å²) in [7, 11) is 1.32. The van der Waals surface area contributed by atoms with Gasteiger partial charge in [-0.25, -0.2) is 4.79 Å². The molecule has 4 heterocycles. The second-order valence-electron chi connectivity index (χ2n) is 10.0. The predicted octanol–water partition coefficient (Wildman–Crippen LogP) is 1.65. The van der Waals surface area contributed by atoms with Gasteiger partial charge in [-0.15, -0.1) is 0 Å². The summed E-state index contributed by atoms with van der Waals surface area (Å²) in [5.41, 5.74) is 1.94. The van der Waals surface area contributed by atoms with Crippen LogP contribution in [-0.2, 0) is 45.6 Å². The maximum absolute atomic E-state index is 13.9. The third kappa shape index (κ3) is 4.10.